The van der Waals surface area contributed by atoms with Crippen molar-refractivity contribution in [2.24, 2.45) is 0 Å². The second kappa shape index (κ2) is 8.92. The largest absolute Gasteiger partial charge is 0.369 e. The van der Waals surface area contributed by atoms with Crippen LogP contribution in [0.4, 0.5) is 24.5 Å². The second-order valence-electron chi connectivity index (χ2n) is 8.42. The minimum Gasteiger partial charge on any atom is -0.369 e. The lowest BCUT2D eigenvalue weighted by atomic mass is 10.2. The number of rotatable bonds is 4. The Kier molecular flexibility index (Phi) is 6.37. The van der Waals surface area contributed by atoms with E-state index in [9.17, 15) is 21.6 Å². The molecule has 2 heterocycles. The van der Waals surface area contributed by atoms with Crippen molar-refractivity contribution in [3.63, 3.8) is 0 Å². The summed E-state index contributed by atoms with van der Waals surface area (Å²) >= 11 is 0. The smallest absolute Gasteiger partial charge is 0.243 e. The van der Waals surface area contributed by atoms with Gasteiger partial charge in [0.25, 0.3) is 0 Å². The van der Waals surface area contributed by atoms with Gasteiger partial charge in [-0.15, -0.1) is 0 Å². The molecule has 0 unspecified atom stereocenters. The summed E-state index contributed by atoms with van der Waals surface area (Å²) < 4.78 is 69.3. The van der Waals surface area contributed by atoms with Crippen LogP contribution in [0.1, 0.15) is 6.92 Å². The molecule has 174 valence electrons. The topological polar surface area (TPSA) is 47.1 Å². The lowest BCUT2D eigenvalue weighted by Gasteiger charge is -2.40. The van der Waals surface area contributed by atoms with E-state index in [1.807, 2.05) is 6.07 Å². The molecule has 2 aliphatic rings. The van der Waals surface area contributed by atoms with Gasteiger partial charge in [-0.1, -0.05) is 6.07 Å². The molecule has 32 heavy (non-hydrogen) atoms. The molecule has 2 saturated heterocycles. The summed E-state index contributed by atoms with van der Waals surface area (Å²) in [7, 11) is -1.71. The van der Waals surface area contributed by atoms with Gasteiger partial charge < -0.3 is 14.7 Å². The molecule has 0 aromatic heterocycles. The van der Waals surface area contributed by atoms with Crippen molar-refractivity contribution in [1.82, 2.24) is 9.21 Å². The van der Waals surface area contributed by atoms with Crippen LogP contribution < -0.4 is 9.80 Å². The Balaban J connectivity index is 1.52. The Morgan fingerprint density at radius 1 is 0.844 bits per heavy atom. The first-order valence-corrected chi connectivity index (χ1v) is 12.1. The molecule has 4 rings (SSSR count). The first-order chi connectivity index (χ1) is 15.2. The van der Waals surface area contributed by atoms with E-state index in [0.717, 1.165) is 37.9 Å². The SMILES string of the molecule is C[C@@H]1CN(c2cc(F)c(F)cc2F)CCN1S(=O)(=O)c1cccc(N2CCN(C)CC2)c1. The highest BCUT2D eigenvalue weighted by Crippen LogP contribution is 2.29. The van der Waals surface area contributed by atoms with Crippen LogP contribution in [-0.2, 0) is 10.0 Å². The molecule has 0 amide bonds. The highest BCUT2D eigenvalue weighted by Gasteiger charge is 2.35. The molecule has 0 saturated carbocycles. The van der Waals surface area contributed by atoms with Crippen LogP contribution in [0.5, 0.6) is 0 Å². The van der Waals surface area contributed by atoms with Crippen LogP contribution >= 0.6 is 0 Å². The number of halogens is 3. The number of hydrogen-bond donors (Lipinski definition) is 0. The van der Waals surface area contributed by atoms with Crippen molar-refractivity contribution >= 4 is 21.4 Å². The van der Waals surface area contributed by atoms with Gasteiger partial charge in [0.2, 0.25) is 10.0 Å². The van der Waals surface area contributed by atoms with Crippen molar-refractivity contribution in [1.29, 1.82) is 0 Å². The zero-order valence-corrected chi connectivity index (χ0v) is 19.0. The number of sulfonamides is 1. The predicted molar refractivity (Wildman–Crippen MR) is 118 cm³/mol. The maximum atomic E-state index is 14.2. The number of anilines is 2. The number of likely N-dealkylation sites (N-methyl/N-ethyl adjacent to an activating group) is 1. The maximum absolute atomic E-state index is 14.2. The van der Waals surface area contributed by atoms with Gasteiger partial charge in [-0.3, -0.25) is 0 Å². The van der Waals surface area contributed by atoms with E-state index < -0.39 is 33.5 Å². The average molecular weight is 469 g/mol. The summed E-state index contributed by atoms with van der Waals surface area (Å²) in [5.41, 5.74) is 0.805. The lowest BCUT2D eigenvalue weighted by molar-refractivity contribution is 0.305. The first-order valence-electron chi connectivity index (χ1n) is 10.6. The molecule has 0 spiro atoms. The summed E-state index contributed by atoms with van der Waals surface area (Å²) in [5, 5.41) is 0. The molecule has 0 aliphatic carbocycles. The van der Waals surface area contributed by atoms with Gasteiger partial charge in [-0.05, 0) is 32.2 Å². The minimum absolute atomic E-state index is 0.0649. The van der Waals surface area contributed by atoms with E-state index in [1.54, 1.807) is 30.0 Å². The van der Waals surface area contributed by atoms with Crippen LogP contribution in [-0.4, -0.2) is 76.5 Å². The second-order valence-corrected chi connectivity index (χ2v) is 10.3. The van der Waals surface area contributed by atoms with Gasteiger partial charge in [0, 0.05) is 69.7 Å². The Morgan fingerprint density at radius 3 is 2.19 bits per heavy atom. The number of nitrogens with zero attached hydrogens (tertiary/aromatic N) is 4. The first kappa shape index (κ1) is 22.9. The van der Waals surface area contributed by atoms with Crippen LogP contribution in [0.2, 0.25) is 0 Å². The lowest BCUT2D eigenvalue weighted by Crippen LogP contribution is -2.54. The molecular weight excluding hydrogens is 441 g/mol. The van der Waals surface area contributed by atoms with Gasteiger partial charge >= 0.3 is 0 Å². The summed E-state index contributed by atoms with van der Waals surface area (Å²) in [4.78, 5) is 6.17. The van der Waals surface area contributed by atoms with Crippen molar-refractivity contribution < 1.29 is 21.6 Å². The van der Waals surface area contributed by atoms with Gasteiger partial charge in [-0.25, -0.2) is 21.6 Å². The fourth-order valence-electron chi connectivity index (χ4n) is 4.31. The molecule has 10 heteroatoms. The quantitative estimate of drug-likeness (QED) is 0.646. The molecule has 0 radical (unpaired) electrons. The molecule has 2 aliphatic heterocycles. The summed E-state index contributed by atoms with van der Waals surface area (Å²) in [6, 6.07) is 7.81. The normalized spacial score (nSPS) is 21.2. The number of hydrogen-bond acceptors (Lipinski definition) is 5. The van der Waals surface area contributed by atoms with E-state index in [0.29, 0.717) is 6.07 Å². The van der Waals surface area contributed by atoms with E-state index in [-0.39, 0.29) is 30.2 Å². The summed E-state index contributed by atoms with van der Waals surface area (Å²) in [6.45, 7) is 5.66. The molecule has 0 N–H and O–H groups in total. The summed E-state index contributed by atoms with van der Waals surface area (Å²) in [6.07, 6.45) is 0. The van der Waals surface area contributed by atoms with E-state index in [1.165, 1.54) is 4.31 Å². The highest BCUT2D eigenvalue weighted by atomic mass is 32.2. The van der Waals surface area contributed by atoms with Gasteiger partial charge in [0.15, 0.2) is 11.6 Å². The molecule has 0 bridgehead atoms. The average Bonchev–Trinajstić information content (AvgIpc) is 2.76. The number of benzene rings is 2. The van der Waals surface area contributed by atoms with Crippen molar-refractivity contribution in [2.45, 2.75) is 17.9 Å². The van der Waals surface area contributed by atoms with Gasteiger partial charge in [0.05, 0.1) is 10.6 Å². The third kappa shape index (κ3) is 4.44. The fourth-order valence-corrected chi connectivity index (χ4v) is 5.97. The Morgan fingerprint density at radius 2 is 1.50 bits per heavy atom. The maximum Gasteiger partial charge on any atom is 0.243 e. The molecule has 1 atom stereocenters. The Hall–Kier alpha value is -2.30. The van der Waals surface area contributed by atoms with Crippen LogP contribution in [0.3, 0.4) is 0 Å². The van der Waals surface area contributed by atoms with Crippen LogP contribution in [0.25, 0.3) is 0 Å². The molecule has 2 aromatic rings. The third-order valence-corrected chi connectivity index (χ3v) is 8.20. The van der Waals surface area contributed by atoms with E-state index in [2.05, 4.69) is 16.8 Å². The zero-order valence-electron chi connectivity index (χ0n) is 18.1. The highest BCUT2D eigenvalue weighted by molar-refractivity contribution is 7.89. The molecule has 2 aromatic carbocycles. The van der Waals surface area contributed by atoms with Gasteiger partial charge in [-0.2, -0.15) is 4.31 Å². The van der Waals surface area contributed by atoms with Crippen LogP contribution in [0.15, 0.2) is 41.3 Å². The van der Waals surface area contributed by atoms with Crippen molar-refractivity contribution in [2.75, 3.05) is 62.7 Å². The monoisotopic (exact) mass is 468 g/mol. The predicted octanol–water partition coefficient (Wildman–Crippen LogP) is 2.76. The van der Waals surface area contributed by atoms with Crippen molar-refractivity contribution in [3.8, 4) is 0 Å². The standard InChI is InChI=1S/C22H27F3N4O2S/c1-16-15-28(22-14-20(24)19(23)13-21(22)25)10-11-29(16)32(30,31)18-5-3-4-17(12-18)27-8-6-26(2)7-9-27/h3-5,12-14,16H,6-11,15H2,1-2H3/t16-/m1/s1. The van der Waals surface area contributed by atoms with Gasteiger partial charge in [0.1, 0.15) is 5.82 Å². The molecule has 2 fully saturated rings. The fraction of sp³-hybridized carbons (Fsp3) is 0.455. The Bertz CT molecular complexity index is 1090. The zero-order chi connectivity index (χ0) is 23.0. The summed E-state index contributed by atoms with van der Waals surface area (Å²) in [5.74, 6) is -3.25. The minimum atomic E-state index is -3.77. The van der Waals surface area contributed by atoms with Crippen LogP contribution in [0, 0.1) is 17.5 Å². The van der Waals surface area contributed by atoms with E-state index >= 15 is 0 Å². The van der Waals surface area contributed by atoms with E-state index in [4.69, 9.17) is 0 Å². The molecule has 6 nitrogen and oxygen atoms in total. The van der Waals surface area contributed by atoms with Crippen molar-refractivity contribution in [3.05, 3.63) is 53.8 Å². The third-order valence-electron chi connectivity index (χ3n) is 6.19. The Labute approximate surface area is 186 Å². The molecular formula is C22H27F3N4O2S. The number of piperazine rings is 2.